The van der Waals surface area contributed by atoms with E-state index in [9.17, 15) is 14.0 Å². The van der Waals surface area contributed by atoms with Gasteiger partial charge in [0.25, 0.3) is 0 Å². The van der Waals surface area contributed by atoms with Crippen LogP contribution >= 0.6 is 11.7 Å². The molecule has 3 heterocycles. The van der Waals surface area contributed by atoms with E-state index >= 15 is 0 Å². The second-order valence-electron chi connectivity index (χ2n) is 8.82. The number of halogens is 1. The molecule has 9 nitrogen and oxygen atoms in total. The summed E-state index contributed by atoms with van der Waals surface area (Å²) in [5, 5.41) is 3.20. The molecular formula is C22H26FN5O4S. The lowest BCUT2D eigenvalue weighted by Crippen LogP contribution is -2.42. The number of nitrogens with zero attached hydrogens (tertiary/aromatic N) is 4. The van der Waals surface area contributed by atoms with E-state index in [0.29, 0.717) is 23.6 Å². The largest absolute Gasteiger partial charge is 0.443 e. The van der Waals surface area contributed by atoms with Crippen molar-refractivity contribution >= 4 is 41.0 Å². The van der Waals surface area contributed by atoms with Crippen molar-refractivity contribution in [2.75, 3.05) is 36.0 Å². The van der Waals surface area contributed by atoms with Crippen LogP contribution < -0.4 is 15.1 Å². The van der Waals surface area contributed by atoms with Crippen molar-refractivity contribution in [3.8, 4) is 0 Å². The van der Waals surface area contributed by atoms with Crippen LogP contribution in [0.1, 0.15) is 32.8 Å². The van der Waals surface area contributed by atoms with Gasteiger partial charge in [0.2, 0.25) is 0 Å². The molecule has 2 aliphatic rings. The molecule has 1 aromatic heterocycles. The molecule has 176 valence electrons. The van der Waals surface area contributed by atoms with Crippen molar-refractivity contribution in [2.24, 2.45) is 0 Å². The van der Waals surface area contributed by atoms with E-state index in [2.05, 4.69) is 14.1 Å². The van der Waals surface area contributed by atoms with Gasteiger partial charge in [-0.25, -0.2) is 14.0 Å². The third-order valence-electron chi connectivity index (χ3n) is 5.17. The fourth-order valence-corrected chi connectivity index (χ4v) is 4.11. The Bertz CT molecular complexity index is 1050. The highest BCUT2D eigenvalue weighted by Gasteiger charge is 2.37. The molecule has 0 saturated carbocycles. The third-order valence-corrected chi connectivity index (χ3v) is 5.64. The molecule has 0 unspecified atom stereocenters. The SMILES string of the molecule is CC(C)(C)OC(=O)N(C[C@H]1CN(c2ccc(C3=CCNCC3)c(F)c2)C(=O)O1)c1cnsn1. The van der Waals surface area contributed by atoms with Crippen molar-refractivity contribution < 1.29 is 23.5 Å². The van der Waals surface area contributed by atoms with Crippen molar-refractivity contribution in [2.45, 2.75) is 38.9 Å². The number of hydrogen-bond donors (Lipinski definition) is 1. The van der Waals surface area contributed by atoms with Gasteiger partial charge in [-0.15, -0.1) is 0 Å². The molecule has 2 aromatic rings. The molecule has 2 aliphatic heterocycles. The Morgan fingerprint density at radius 1 is 1.42 bits per heavy atom. The number of carbonyl (C=O) groups excluding carboxylic acids is 2. The van der Waals surface area contributed by atoms with Crippen molar-refractivity contribution in [3.05, 3.63) is 41.9 Å². The van der Waals surface area contributed by atoms with E-state index in [-0.39, 0.29) is 18.9 Å². The Hall–Kier alpha value is -3.05. The highest BCUT2D eigenvalue weighted by atomic mass is 32.1. The number of aromatic nitrogens is 2. The number of nitrogens with one attached hydrogen (secondary N) is 1. The van der Waals surface area contributed by atoms with Gasteiger partial charge in [-0.3, -0.25) is 9.80 Å². The maximum absolute atomic E-state index is 14.8. The summed E-state index contributed by atoms with van der Waals surface area (Å²) in [5.41, 5.74) is 1.18. The lowest BCUT2D eigenvalue weighted by atomic mass is 9.99. The Balaban J connectivity index is 1.48. The van der Waals surface area contributed by atoms with Crippen LogP contribution in [0.15, 0.2) is 30.5 Å². The van der Waals surface area contributed by atoms with Gasteiger partial charge in [-0.1, -0.05) is 6.08 Å². The molecule has 1 N–H and O–H groups in total. The highest BCUT2D eigenvalue weighted by Crippen LogP contribution is 2.29. The fraction of sp³-hybridized carbons (Fsp3) is 0.455. The van der Waals surface area contributed by atoms with Gasteiger partial charge in [0.1, 0.15) is 17.5 Å². The van der Waals surface area contributed by atoms with Crippen LogP contribution in [0.5, 0.6) is 0 Å². The number of carbonyl (C=O) groups is 2. The number of cyclic esters (lactones) is 1. The monoisotopic (exact) mass is 475 g/mol. The normalized spacial score (nSPS) is 18.7. The molecule has 0 spiro atoms. The summed E-state index contributed by atoms with van der Waals surface area (Å²) >= 11 is 0.956. The van der Waals surface area contributed by atoms with Crippen LogP contribution in [0.3, 0.4) is 0 Å². The van der Waals surface area contributed by atoms with Gasteiger partial charge in [0.05, 0.1) is 36.7 Å². The molecule has 0 aliphatic carbocycles. The minimum Gasteiger partial charge on any atom is -0.443 e. The Kier molecular flexibility index (Phi) is 6.61. The van der Waals surface area contributed by atoms with Gasteiger partial charge >= 0.3 is 12.2 Å². The summed E-state index contributed by atoms with van der Waals surface area (Å²) in [6.45, 7) is 6.98. The van der Waals surface area contributed by atoms with Crippen LogP contribution in [0, 0.1) is 5.82 Å². The second-order valence-corrected chi connectivity index (χ2v) is 9.38. The molecule has 2 amide bonds. The summed E-state index contributed by atoms with van der Waals surface area (Å²) in [6.07, 6.45) is 2.30. The molecule has 1 fully saturated rings. The zero-order valence-corrected chi connectivity index (χ0v) is 19.5. The molecule has 4 rings (SSSR count). The maximum atomic E-state index is 14.8. The topological polar surface area (TPSA) is 96.9 Å². The van der Waals surface area contributed by atoms with Crippen LogP contribution in [0.25, 0.3) is 5.57 Å². The van der Waals surface area contributed by atoms with Crippen molar-refractivity contribution in [1.29, 1.82) is 0 Å². The number of rotatable bonds is 5. The molecule has 1 saturated heterocycles. The summed E-state index contributed by atoms with van der Waals surface area (Å²) in [4.78, 5) is 27.9. The van der Waals surface area contributed by atoms with Gasteiger partial charge in [0, 0.05) is 12.1 Å². The number of benzene rings is 1. The Morgan fingerprint density at radius 3 is 2.88 bits per heavy atom. The first-order valence-electron chi connectivity index (χ1n) is 10.7. The van der Waals surface area contributed by atoms with Crippen LogP contribution in [0.4, 0.5) is 25.5 Å². The average molecular weight is 476 g/mol. The first-order chi connectivity index (χ1) is 15.7. The molecule has 0 bridgehead atoms. The van der Waals surface area contributed by atoms with E-state index in [1.54, 1.807) is 32.9 Å². The maximum Gasteiger partial charge on any atom is 0.416 e. The molecule has 0 radical (unpaired) electrons. The van der Waals surface area contributed by atoms with E-state index in [1.807, 2.05) is 6.08 Å². The fourth-order valence-electron chi connectivity index (χ4n) is 3.69. The lowest BCUT2D eigenvalue weighted by Gasteiger charge is -2.27. The van der Waals surface area contributed by atoms with E-state index in [1.165, 1.54) is 22.1 Å². The van der Waals surface area contributed by atoms with Gasteiger partial charge < -0.3 is 14.8 Å². The predicted octanol–water partition coefficient (Wildman–Crippen LogP) is 3.82. The van der Waals surface area contributed by atoms with Gasteiger partial charge in [-0.2, -0.15) is 8.75 Å². The Labute approximate surface area is 195 Å². The first kappa shape index (κ1) is 23.1. The molecule has 1 aromatic carbocycles. The zero-order valence-electron chi connectivity index (χ0n) is 18.7. The minimum atomic E-state index is -0.708. The number of anilines is 2. The average Bonchev–Trinajstić information content (AvgIpc) is 3.41. The van der Waals surface area contributed by atoms with Crippen LogP contribution in [-0.4, -0.2) is 58.8 Å². The molecule has 11 heteroatoms. The zero-order chi connectivity index (χ0) is 23.6. The highest BCUT2D eigenvalue weighted by molar-refractivity contribution is 6.99. The minimum absolute atomic E-state index is 0.0308. The summed E-state index contributed by atoms with van der Waals surface area (Å²) < 4.78 is 33.8. The smallest absolute Gasteiger partial charge is 0.416 e. The summed E-state index contributed by atoms with van der Waals surface area (Å²) in [6, 6.07) is 4.75. The van der Waals surface area contributed by atoms with Crippen molar-refractivity contribution in [3.63, 3.8) is 0 Å². The predicted molar refractivity (Wildman–Crippen MR) is 123 cm³/mol. The first-order valence-corrected chi connectivity index (χ1v) is 11.4. The number of amides is 2. The second kappa shape index (κ2) is 9.44. The summed E-state index contributed by atoms with van der Waals surface area (Å²) in [5.74, 6) is -0.0739. The van der Waals surface area contributed by atoms with E-state index in [4.69, 9.17) is 9.47 Å². The van der Waals surface area contributed by atoms with Crippen LogP contribution in [-0.2, 0) is 9.47 Å². The van der Waals surface area contributed by atoms with E-state index < -0.39 is 23.9 Å². The molecule has 33 heavy (non-hydrogen) atoms. The van der Waals surface area contributed by atoms with Gasteiger partial charge in [0.15, 0.2) is 5.82 Å². The number of hydrogen-bond acceptors (Lipinski definition) is 8. The molecule has 1 atom stereocenters. The Morgan fingerprint density at radius 2 is 2.24 bits per heavy atom. The molecular weight excluding hydrogens is 449 g/mol. The quantitative estimate of drug-likeness (QED) is 0.702. The number of ether oxygens (including phenoxy) is 2. The van der Waals surface area contributed by atoms with Gasteiger partial charge in [-0.05, 0) is 57.5 Å². The summed E-state index contributed by atoms with van der Waals surface area (Å²) in [7, 11) is 0. The third kappa shape index (κ3) is 5.48. The lowest BCUT2D eigenvalue weighted by molar-refractivity contribution is 0.0557. The van der Waals surface area contributed by atoms with Crippen LogP contribution in [0.2, 0.25) is 0 Å². The van der Waals surface area contributed by atoms with Crippen molar-refractivity contribution in [1.82, 2.24) is 14.1 Å². The van der Waals surface area contributed by atoms with E-state index in [0.717, 1.165) is 30.3 Å². The standard InChI is InChI=1S/C22H26FN5O4S/c1-22(2,3)32-21(30)28(19-11-25-33-26-19)13-16-12-27(20(29)31-16)15-4-5-17(18(23)10-15)14-6-8-24-9-7-14/h4-6,10-11,16,24H,7-9,12-13H2,1-3H3/t16-/m1/s1.